The Kier molecular flexibility index (Phi) is 6.28. The van der Waals surface area contributed by atoms with Crippen molar-refractivity contribution in [1.29, 1.82) is 0 Å². The Morgan fingerprint density at radius 3 is 2.92 bits per heavy atom. The second-order valence-corrected chi connectivity index (χ2v) is 6.10. The minimum atomic E-state index is -1.04. The number of hydrogen-bond acceptors (Lipinski definition) is 6. The number of nitrogens with two attached hydrogens (primary N) is 1. The largest absolute Gasteiger partial charge is 0.482 e. The monoisotopic (exact) mass is 349 g/mol. The van der Waals surface area contributed by atoms with Crippen molar-refractivity contribution in [2.24, 2.45) is 5.73 Å². The molecule has 7 nitrogen and oxygen atoms in total. The molecule has 0 bridgehead atoms. The number of nitrogens with zero attached hydrogens (tertiary/aromatic N) is 2. The van der Waals surface area contributed by atoms with E-state index in [-0.39, 0.29) is 5.91 Å². The zero-order valence-electron chi connectivity index (χ0n) is 13.3. The molecule has 2 rings (SSSR count). The molecule has 0 aliphatic rings. The third-order valence-electron chi connectivity index (χ3n) is 3.16. The summed E-state index contributed by atoms with van der Waals surface area (Å²) in [4.78, 5) is 28.8. The molecule has 1 amide bonds. The first-order valence-corrected chi connectivity index (χ1v) is 8.21. The Morgan fingerprint density at radius 2 is 2.21 bits per heavy atom. The molecule has 1 heterocycles. The molecule has 0 saturated carbocycles. The number of aliphatic carboxylic acids is 1. The van der Waals surface area contributed by atoms with Crippen LogP contribution in [-0.4, -0.2) is 47.1 Å². The highest BCUT2D eigenvalue weighted by atomic mass is 32.1. The topological polar surface area (TPSA) is 106 Å². The van der Waals surface area contributed by atoms with Gasteiger partial charge in [0.2, 0.25) is 0 Å². The Morgan fingerprint density at radius 1 is 1.42 bits per heavy atom. The van der Waals surface area contributed by atoms with Gasteiger partial charge in [-0.25, -0.2) is 9.78 Å². The van der Waals surface area contributed by atoms with Gasteiger partial charge in [-0.3, -0.25) is 4.79 Å². The summed E-state index contributed by atoms with van der Waals surface area (Å²) < 4.78 is 5.14. The van der Waals surface area contributed by atoms with E-state index in [4.69, 9.17) is 15.6 Å². The molecule has 1 aromatic heterocycles. The summed E-state index contributed by atoms with van der Waals surface area (Å²) in [7, 11) is 1.69. The number of carboxylic acid groups (broad SMARTS) is 1. The average molecular weight is 349 g/mol. The van der Waals surface area contributed by atoms with Crippen LogP contribution in [0, 0.1) is 0 Å². The Balaban J connectivity index is 2.00. The summed E-state index contributed by atoms with van der Waals surface area (Å²) in [5.74, 6) is -0.759. The normalized spacial score (nSPS) is 10.4. The molecule has 0 aliphatic carbocycles. The summed E-state index contributed by atoms with van der Waals surface area (Å²) in [6.45, 7) is 0.466. The quantitative estimate of drug-likeness (QED) is 0.746. The number of carboxylic acids is 1. The maximum Gasteiger partial charge on any atom is 0.341 e. The zero-order chi connectivity index (χ0) is 17.5. The van der Waals surface area contributed by atoms with E-state index < -0.39 is 12.6 Å². The standard InChI is InChI=1S/C16H19N3O4S/c1-19(16(22)13-10-24-14(18-13)5-6-17)8-11-3-2-4-12(7-11)23-9-15(20)21/h2-4,7,10H,5-6,8-9,17H2,1H3,(H,20,21). The number of thiazole rings is 1. The lowest BCUT2D eigenvalue weighted by atomic mass is 10.2. The molecule has 0 radical (unpaired) electrons. The van der Waals surface area contributed by atoms with Crippen molar-refractivity contribution in [2.75, 3.05) is 20.2 Å². The Bertz CT molecular complexity index is 717. The second-order valence-electron chi connectivity index (χ2n) is 5.16. The minimum absolute atomic E-state index is 0.175. The smallest absolute Gasteiger partial charge is 0.341 e. The lowest BCUT2D eigenvalue weighted by Gasteiger charge is -2.16. The SMILES string of the molecule is CN(Cc1cccc(OCC(=O)O)c1)C(=O)c1csc(CCN)n1. The van der Waals surface area contributed by atoms with Crippen LogP contribution in [-0.2, 0) is 17.8 Å². The van der Waals surface area contributed by atoms with Crippen molar-refractivity contribution in [2.45, 2.75) is 13.0 Å². The van der Waals surface area contributed by atoms with Gasteiger partial charge in [0.25, 0.3) is 5.91 Å². The number of aromatic nitrogens is 1. The molecule has 3 N–H and O–H groups in total. The molecule has 1 aromatic carbocycles. The fourth-order valence-corrected chi connectivity index (χ4v) is 2.86. The van der Waals surface area contributed by atoms with E-state index in [0.29, 0.717) is 31.0 Å². The molecule has 128 valence electrons. The third kappa shape index (κ3) is 5.04. The molecule has 0 saturated heterocycles. The van der Waals surface area contributed by atoms with E-state index in [2.05, 4.69) is 4.98 Å². The van der Waals surface area contributed by atoms with Crippen molar-refractivity contribution in [3.63, 3.8) is 0 Å². The van der Waals surface area contributed by atoms with Crippen molar-refractivity contribution >= 4 is 23.2 Å². The Labute approximate surface area is 143 Å². The minimum Gasteiger partial charge on any atom is -0.482 e. The number of carbonyl (C=O) groups is 2. The van der Waals surface area contributed by atoms with Gasteiger partial charge >= 0.3 is 5.97 Å². The van der Waals surface area contributed by atoms with Crippen LogP contribution in [0.3, 0.4) is 0 Å². The first-order valence-electron chi connectivity index (χ1n) is 7.33. The van der Waals surface area contributed by atoms with Gasteiger partial charge < -0.3 is 20.5 Å². The van der Waals surface area contributed by atoms with Crippen LogP contribution in [0.4, 0.5) is 0 Å². The van der Waals surface area contributed by atoms with E-state index in [1.165, 1.54) is 11.3 Å². The van der Waals surface area contributed by atoms with Crippen molar-refractivity contribution in [3.05, 3.63) is 45.9 Å². The van der Waals surface area contributed by atoms with Gasteiger partial charge in [0.1, 0.15) is 11.4 Å². The molecule has 0 atom stereocenters. The van der Waals surface area contributed by atoms with Crippen molar-refractivity contribution in [3.8, 4) is 5.75 Å². The van der Waals surface area contributed by atoms with Gasteiger partial charge in [-0.2, -0.15) is 0 Å². The van der Waals surface area contributed by atoms with Gasteiger partial charge in [0.15, 0.2) is 6.61 Å². The van der Waals surface area contributed by atoms with Gasteiger partial charge in [0, 0.05) is 25.4 Å². The first kappa shape index (κ1) is 17.9. The summed E-state index contributed by atoms with van der Waals surface area (Å²) >= 11 is 1.42. The van der Waals surface area contributed by atoms with Gasteiger partial charge in [0.05, 0.1) is 5.01 Å². The lowest BCUT2D eigenvalue weighted by Crippen LogP contribution is -2.26. The molecule has 8 heteroatoms. The molecule has 0 unspecified atom stereocenters. The van der Waals surface area contributed by atoms with E-state index in [1.807, 2.05) is 6.07 Å². The number of amides is 1. The van der Waals surface area contributed by atoms with Crippen LogP contribution >= 0.6 is 11.3 Å². The third-order valence-corrected chi connectivity index (χ3v) is 4.06. The summed E-state index contributed by atoms with van der Waals surface area (Å²) in [6.07, 6.45) is 0.657. The predicted molar refractivity (Wildman–Crippen MR) is 90.2 cm³/mol. The van der Waals surface area contributed by atoms with Gasteiger partial charge in [-0.05, 0) is 24.2 Å². The maximum absolute atomic E-state index is 12.4. The van der Waals surface area contributed by atoms with E-state index in [1.54, 1.807) is 35.5 Å². The molecule has 0 spiro atoms. The lowest BCUT2D eigenvalue weighted by molar-refractivity contribution is -0.139. The highest BCUT2D eigenvalue weighted by molar-refractivity contribution is 7.09. The summed E-state index contributed by atoms with van der Waals surface area (Å²) in [5.41, 5.74) is 6.73. The number of rotatable bonds is 8. The molecule has 0 aliphatic heterocycles. The highest BCUT2D eigenvalue weighted by Crippen LogP contribution is 2.17. The fraction of sp³-hybridized carbons (Fsp3) is 0.312. The number of ether oxygens (including phenoxy) is 1. The zero-order valence-corrected chi connectivity index (χ0v) is 14.1. The maximum atomic E-state index is 12.4. The number of hydrogen-bond donors (Lipinski definition) is 2. The molecule has 2 aromatic rings. The van der Waals surface area contributed by atoms with Crippen LogP contribution < -0.4 is 10.5 Å². The predicted octanol–water partition coefficient (Wildman–Crippen LogP) is 1.38. The second kappa shape index (κ2) is 8.42. The fourth-order valence-electron chi connectivity index (χ4n) is 2.07. The van der Waals surface area contributed by atoms with E-state index >= 15 is 0 Å². The highest BCUT2D eigenvalue weighted by Gasteiger charge is 2.16. The van der Waals surface area contributed by atoms with Crippen molar-refractivity contribution in [1.82, 2.24) is 9.88 Å². The van der Waals surface area contributed by atoms with E-state index in [9.17, 15) is 9.59 Å². The van der Waals surface area contributed by atoms with Crippen LogP contribution in [0.2, 0.25) is 0 Å². The molecule has 0 fully saturated rings. The molecular formula is C16H19N3O4S. The Hall–Kier alpha value is -2.45. The summed E-state index contributed by atoms with van der Waals surface area (Å²) in [5, 5.41) is 11.2. The summed E-state index contributed by atoms with van der Waals surface area (Å²) in [6, 6.07) is 6.99. The van der Waals surface area contributed by atoms with E-state index in [0.717, 1.165) is 10.6 Å². The van der Waals surface area contributed by atoms with Crippen LogP contribution in [0.5, 0.6) is 5.75 Å². The first-order chi connectivity index (χ1) is 11.5. The average Bonchev–Trinajstić information content (AvgIpc) is 3.01. The molecule has 24 heavy (non-hydrogen) atoms. The van der Waals surface area contributed by atoms with Gasteiger partial charge in [-0.1, -0.05) is 12.1 Å². The van der Waals surface area contributed by atoms with Crippen LogP contribution in [0.25, 0.3) is 0 Å². The van der Waals surface area contributed by atoms with Crippen LogP contribution in [0.15, 0.2) is 29.6 Å². The van der Waals surface area contributed by atoms with Crippen LogP contribution in [0.1, 0.15) is 21.1 Å². The number of carbonyl (C=O) groups excluding carboxylic acids is 1. The molecular weight excluding hydrogens is 330 g/mol. The van der Waals surface area contributed by atoms with Gasteiger partial charge in [-0.15, -0.1) is 11.3 Å². The van der Waals surface area contributed by atoms with Crippen molar-refractivity contribution < 1.29 is 19.4 Å². The number of benzene rings is 1.